The first kappa shape index (κ1) is 13.3. The highest BCUT2D eigenvalue weighted by molar-refractivity contribution is 7.21. The van der Waals surface area contributed by atoms with Gasteiger partial charge < -0.3 is 10.5 Å². The van der Waals surface area contributed by atoms with Gasteiger partial charge in [0.2, 0.25) is 0 Å². The number of thiophene rings is 1. The maximum atomic E-state index is 12.0. The second-order valence-corrected chi connectivity index (χ2v) is 4.95. The number of hydrogen-bond acceptors (Lipinski definition) is 6. The summed E-state index contributed by atoms with van der Waals surface area (Å²) in [6, 6.07) is 0. The van der Waals surface area contributed by atoms with Crippen LogP contribution in [0.1, 0.15) is 16.6 Å². The van der Waals surface area contributed by atoms with E-state index < -0.39 is 17.2 Å². The van der Waals surface area contributed by atoms with E-state index in [1.165, 1.54) is 18.7 Å². The fourth-order valence-corrected chi connectivity index (χ4v) is 2.85. The summed E-state index contributed by atoms with van der Waals surface area (Å²) in [5.41, 5.74) is 4.93. The number of fused-ring (bicyclic) bond motifs is 1. The number of nitrogens with zero attached hydrogens (tertiary/aromatic N) is 2. The van der Waals surface area contributed by atoms with Crippen molar-refractivity contribution in [2.75, 3.05) is 12.3 Å². The minimum Gasteiger partial charge on any atom is -0.462 e. The molecule has 0 aliphatic heterocycles. The van der Waals surface area contributed by atoms with E-state index in [-0.39, 0.29) is 22.6 Å². The van der Waals surface area contributed by atoms with E-state index in [2.05, 4.69) is 0 Å². The molecule has 0 spiro atoms. The molecule has 2 N–H and O–H groups in total. The standard InChI is InChI=1S/C11H13N3O4S/c1-4-18-10(16)7-6(12)5-8(15)13(2)11(17)14(3)9(5)19-7/h4,12H2,1-3H3. The molecular weight excluding hydrogens is 270 g/mol. The van der Waals surface area contributed by atoms with Gasteiger partial charge in [0.05, 0.1) is 17.7 Å². The van der Waals surface area contributed by atoms with Gasteiger partial charge in [-0.05, 0) is 6.92 Å². The summed E-state index contributed by atoms with van der Waals surface area (Å²) in [7, 11) is 2.89. The highest BCUT2D eigenvalue weighted by Gasteiger charge is 2.22. The Bertz CT molecular complexity index is 784. The number of ether oxygens (including phenoxy) is 1. The summed E-state index contributed by atoms with van der Waals surface area (Å²) >= 11 is 0.986. The van der Waals surface area contributed by atoms with Crippen LogP contribution in [0.3, 0.4) is 0 Å². The fraction of sp³-hybridized carbons (Fsp3) is 0.364. The Hall–Kier alpha value is -2.09. The summed E-state index contributed by atoms with van der Waals surface area (Å²) in [6.45, 7) is 1.89. The molecule has 0 fully saturated rings. The van der Waals surface area contributed by atoms with Gasteiger partial charge >= 0.3 is 11.7 Å². The summed E-state index contributed by atoms with van der Waals surface area (Å²) in [6.07, 6.45) is 0. The zero-order valence-corrected chi connectivity index (χ0v) is 11.5. The molecule has 0 aromatic carbocycles. The van der Waals surface area contributed by atoms with Crippen LogP contribution in [0.2, 0.25) is 0 Å². The Morgan fingerprint density at radius 2 is 1.95 bits per heavy atom. The maximum absolute atomic E-state index is 12.0. The lowest BCUT2D eigenvalue weighted by atomic mass is 10.3. The average molecular weight is 283 g/mol. The number of hydrogen-bond donors (Lipinski definition) is 1. The van der Waals surface area contributed by atoms with Gasteiger partial charge in [0.25, 0.3) is 5.56 Å². The molecule has 7 nitrogen and oxygen atoms in total. The van der Waals surface area contributed by atoms with Crippen molar-refractivity contribution >= 4 is 33.2 Å². The smallest absolute Gasteiger partial charge is 0.350 e. The SMILES string of the molecule is CCOC(=O)c1sc2c(c1N)c(=O)n(C)c(=O)n2C. The van der Waals surface area contributed by atoms with Crippen LogP contribution in [0.4, 0.5) is 5.69 Å². The van der Waals surface area contributed by atoms with Gasteiger partial charge in [0.15, 0.2) is 0 Å². The lowest BCUT2D eigenvalue weighted by molar-refractivity contribution is 0.0533. The molecule has 0 saturated carbocycles. The lowest BCUT2D eigenvalue weighted by Gasteiger charge is -2.02. The molecule has 0 saturated heterocycles. The molecule has 0 atom stereocenters. The maximum Gasteiger partial charge on any atom is 0.350 e. The molecule has 0 aliphatic carbocycles. The zero-order valence-electron chi connectivity index (χ0n) is 10.7. The molecule has 2 heterocycles. The molecule has 19 heavy (non-hydrogen) atoms. The van der Waals surface area contributed by atoms with Crippen molar-refractivity contribution in [3.05, 3.63) is 25.7 Å². The van der Waals surface area contributed by atoms with E-state index in [1.807, 2.05) is 0 Å². The quantitative estimate of drug-likeness (QED) is 0.786. The van der Waals surface area contributed by atoms with Crippen LogP contribution in [-0.4, -0.2) is 21.7 Å². The lowest BCUT2D eigenvalue weighted by Crippen LogP contribution is -2.36. The van der Waals surface area contributed by atoms with Crippen molar-refractivity contribution in [2.45, 2.75) is 6.92 Å². The summed E-state index contributed by atoms with van der Waals surface area (Å²) in [5, 5.41) is 0.178. The third-order valence-electron chi connectivity index (χ3n) is 2.78. The first-order valence-electron chi connectivity index (χ1n) is 5.55. The molecule has 2 aromatic heterocycles. The Balaban J connectivity index is 2.89. The second kappa shape index (κ2) is 4.54. The highest BCUT2D eigenvalue weighted by Crippen LogP contribution is 2.30. The van der Waals surface area contributed by atoms with Gasteiger partial charge in [0, 0.05) is 14.1 Å². The number of aromatic nitrogens is 2. The first-order chi connectivity index (χ1) is 8.90. The number of nitrogens with two attached hydrogens (primary N) is 1. The first-order valence-corrected chi connectivity index (χ1v) is 6.36. The molecule has 0 aliphatic rings. The molecule has 0 radical (unpaired) electrons. The zero-order chi connectivity index (χ0) is 14.3. The van der Waals surface area contributed by atoms with Gasteiger partial charge in [0.1, 0.15) is 9.71 Å². The van der Waals surface area contributed by atoms with Crippen molar-refractivity contribution in [2.24, 2.45) is 14.1 Å². The normalized spacial score (nSPS) is 10.9. The third kappa shape index (κ3) is 1.84. The highest BCUT2D eigenvalue weighted by atomic mass is 32.1. The number of aryl methyl sites for hydroxylation is 1. The van der Waals surface area contributed by atoms with Crippen molar-refractivity contribution < 1.29 is 9.53 Å². The van der Waals surface area contributed by atoms with Crippen LogP contribution in [0.15, 0.2) is 9.59 Å². The van der Waals surface area contributed by atoms with Crippen LogP contribution in [0, 0.1) is 0 Å². The molecule has 0 amide bonds. The number of nitrogen functional groups attached to an aromatic ring is 1. The van der Waals surface area contributed by atoms with Crippen molar-refractivity contribution in [3.8, 4) is 0 Å². The van der Waals surface area contributed by atoms with Gasteiger partial charge in [-0.2, -0.15) is 0 Å². The van der Waals surface area contributed by atoms with Crippen LogP contribution in [0.25, 0.3) is 10.2 Å². The number of carbonyl (C=O) groups excluding carboxylic acids is 1. The Morgan fingerprint density at radius 3 is 2.53 bits per heavy atom. The summed E-state index contributed by atoms with van der Waals surface area (Å²) in [4.78, 5) is 36.1. The predicted octanol–water partition coefficient (Wildman–Crippen LogP) is 0.0576. The molecule has 0 bridgehead atoms. The molecule has 102 valence electrons. The fourth-order valence-electron chi connectivity index (χ4n) is 1.79. The van der Waals surface area contributed by atoms with Gasteiger partial charge in [-0.3, -0.25) is 13.9 Å². The largest absolute Gasteiger partial charge is 0.462 e. The molecule has 2 aromatic rings. The Kier molecular flexibility index (Phi) is 3.19. The minimum atomic E-state index is -0.587. The number of carbonyl (C=O) groups is 1. The monoisotopic (exact) mass is 283 g/mol. The number of rotatable bonds is 2. The predicted molar refractivity (Wildman–Crippen MR) is 72.7 cm³/mol. The van der Waals surface area contributed by atoms with Gasteiger partial charge in [-0.25, -0.2) is 9.59 Å². The van der Waals surface area contributed by atoms with Crippen LogP contribution >= 0.6 is 11.3 Å². The van der Waals surface area contributed by atoms with Crippen molar-refractivity contribution in [3.63, 3.8) is 0 Å². The number of esters is 1. The Labute approximate surface area is 111 Å². The topological polar surface area (TPSA) is 96.3 Å². The summed E-state index contributed by atoms with van der Waals surface area (Å²) in [5.74, 6) is -0.587. The van der Waals surface area contributed by atoms with E-state index in [1.54, 1.807) is 6.92 Å². The molecular formula is C11H13N3O4S. The summed E-state index contributed by atoms with van der Waals surface area (Å²) < 4.78 is 7.12. The van der Waals surface area contributed by atoms with Crippen molar-refractivity contribution in [1.29, 1.82) is 0 Å². The molecule has 8 heteroatoms. The van der Waals surface area contributed by atoms with E-state index in [4.69, 9.17) is 10.5 Å². The van der Waals surface area contributed by atoms with E-state index in [0.717, 1.165) is 15.9 Å². The van der Waals surface area contributed by atoms with E-state index in [9.17, 15) is 14.4 Å². The van der Waals surface area contributed by atoms with E-state index in [0.29, 0.717) is 4.83 Å². The Morgan fingerprint density at radius 1 is 1.32 bits per heavy atom. The average Bonchev–Trinajstić information content (AvgIpc) is 2.72. The van der Waals surface area contributed by atoms with Crippen LogP contribution < -0.4 is 17.0 Å². The third-order valence-corrected chi connectivity index (χ3v) is 4.05. The van der Waals surface area contributed by atoms with Gasteiger partial charge in [-0.1, -0.05) is 0 Å². The minimum absolute atomic E-state index is 0.0645. The van der Waals surface area contributed by atoms with Crippen LogP contribution in [0.5, 0.6) is 0 Å². The molecule has 0 unspecified atom stereocenters. The second-order valence-electron chi connectivity index (χ2n) is 3.95. The van der Waals surface area contributed by atoms with Crippen molar-refractivity contribution in [1.82, 2.24) is 9.13 Å². The number of anilines is 1. The van der Waals surface area contributed by atoms with E-state index >= 15 is 0 Å². The van der Waals surface area contributed by atoms with Gasteiger partial charge in [-0.15, -0.1) is 11.3 Å². The molecule has 2 rings (SSSR count). The van der Waals surface area contributed by atoms with Crippen LogP contribution in [-0.2, 0) is 18.8 Å².